The highest BCUT2D eigenvalue weighted by Gasteiger charge is 2.25. The predicted molar refractivity (Wildman–Crippen MR) is 101 cm³/mol. The molecule has 1 aromatic carbocycles. The van der Waals surface area contributed by atoms with Gasteiger partial charge in [0.05, 0.1) is 16.0 Å². The third-order valence-electron chi connectivity index (χ3n) is 4.44. The lowest BCUT2D eigenvalue weighted by Gasteiger charge is -2.20. The molecule has 3 N–H and O–H groups in total. The van der Waals surface area contributed by atoms with Gasteiger partial charge >= 0.3 is 0 Å². The number of halogens is 1. The van der Waals surface area contributed by atoms with Gasteiger partial charge in [-0.15, -0.1) is 10.2 Å². The number of nitrogen functional groups attached to an aromatic ring is 1. The topological polar surface area (TPSA) is 85.8 Å². The van der Waals surface area contributed by atoms with E-state index < -0.39 is 0 Å². The summed E-state index contributed by atoms with van der Waals surface area (Å²) >= 11 is 7.38. The fraction of sp³-hybridized carbons (Fsp3) is 0.471. The molecule has 6 nitrogen and oxygen atoms in total. The predicted octanol–water partition coefficient (Wildman–Crippen LogP) is 3.81. The number of rotatable bonds is 5. The summed E-state index contributed by atoms with van der Waals surface area (Å²) in [6, 6.07) is 7.15. The fourth-order valence-corrected chi connectivity index (χ4v) is 3.98. The molecule has 134 valence electrons. The number of aromatic nitrogens is 3. The molecule has 1 aliphatic rings. The lowest BCUT2D eigenvalue weighted by Crippen LogP contribution is -2.24. The highest BCUT2D eigenvalue weighted by Crippen LogP contribution is 2.33. The number of anilines is 1. The Morgan fingerprint density at radius 1 is 1.32 bits per heavy atom. The summed E-state index contributed by atoms with van der Waals surface area (Å²) in [6.07, 6.45) is 5.88. The van der Waals surface area contributed by atoms with Gasteiger partial charge in [-0.25, -0.2) is 4.68 Å². The van der Waals surface area contributed by atoms with Crippen LogP contribution in [0.3, 0.4) is 0 Å². The Morgan fingerprint density at radius 3 is 2.76 bits per heavy atom. The Kier molecular flexibility index (Phi) is 5.86. The van der Waals surface area contributed by atoms with Crippen LogP contribution in [-0.2, 0) is 4.79 Å². The van der Waals surface area contributed by atoms with Crippen molar-refractivity contribution >= 4 is 35.0 Å². The molecule has 1 aromatic heterocycles. The van der Waals surface area contributed by atoms with E-state index in [1.165, 1.54) is 31.0 Å². The van der Waals surface area contributed by atoms with Gasteiger partial charge in [-0.1, -0.05) is 54.8 Å². The lowest BCUT2D eigenvalue weighted by molar-refractivity contribution is -0.115. The molecule has 2 aromatic rings. The van der Waals surface area contributed by atoms with Crippen LogP contribution in [0.15, 0.2) is 29.4 Å². The molecule has 1 fully saturated rings. The summed E-state index contributed by atoms with van der Waals surface area (Å²) < 4.78 is 1.54. The van der Waals surface area contributed by atoms with Gasteiger partial charge in [0, 0.05) is 5.92 Å². The van der Waals surface area contributed by atoms with E-state index >= 15 is 0 Å². The lowest BCUT2D eigenvalue weighted by atomic mass is 9.89. The van der Waals surface area contributed by atoms with Gasteiger partial charge in [0.2, 0.25) is 11.1 Å². The molecule has 3 rings (SSSR count). The van der Waals surface area contributed by atoms with E-state index in [2.05, 4.69) is 15.5 Å². The Hall–Kier alpha value is -1.73. The Morgan fingerprint density at radius 2 is 2.04 bits per heavy atom. The van der Waals surface area contributed by atoms with Crippen molar-refractivity contribution in [3.63, 3.8) is 0 Å². The summed E-state index contributed by atoms with van der Waals surface area (Å²) in [5.41, 5.74) is 0.596. The molecule has 0 spiro atoms. The third kappa shape index (κ3) is 4.27. The maximum Gasteiger partial charge on any atom is 0.237 e. The van der Waals surface area contributed by atoms with Crippen molar-refractivity contribution in [1.82, 2.24) is 14.9 Å². The molecule has 0 aliphatic heterocycles. The number of carbonyl (C=O) groups excluding carboxylic acids is 1. The molecule has 0 saturated heterocycles. The Balaban J connectivity index is 1.64. The van der Waals surface area contributed by atoms with Crippen LogP contribution in [0, 0.1) is 0 Å². The van der Waals surface area contributed by atoms with E-state index in [1.807, 2.05) is 19.1 Å². The molecule has 25 heavy (non-hydrogen) atoms. The number of amides is 1. The van der Waals surface area contributed by atoms with Crippen LogP contribution in [-0.4, -0.2) is 26.0 Å². The molecule has 1 heterocycles. The summed E-state index contributed by atoms with van der Waals surface area (Å²) in [7, 11) is 0. The molecule has 1 atom stereocenters. The summed E-state index contributed by atoms with van der Waals surface area (Å²) in [6.45, 7) is 1.81. The van der Waals surface area contributed by atoms with Crippen LogP contribution >= 0.6 is 23.4 Å². The second kappa shape index (κ2) is 8.10. The Bertz CT molecular complexity index is 744. The van der Waals surface area contributed by atoms with Crippen molar-refractivity contribution in [2.45, 2.75) is 55.4 Å². The summed E-state index contributed by atoms with van der Waals surface area (Å²) in [5, 5.41) is 12.0. The van der Waals surface area contributed by atoms with Crippen LogP contribution in [0.2, 0.25) is 5.02 Å². The first-order valence-electron chi connectivity index (χ1n) is 8.48. The average Bonchev–Trinajstić information content (AvgIpc) is 2.98. The number of benzene rings is 1. The highest BCUT2D eigenvalue weighted by molar-refractivity contribution is 8.00. The minimum Gasteiger partial charge on any atom is -0.336 e. The first-order valence-corrected chi connectivity index (χ1v) is 9.74. The minimum absolute atomic E-state index is 0.152. The first-order chi connectivity index (χ1) is 12.1. The first kappa shape index (κ1) is 18.1. The van der Waals surface area contributed by atoms with Gasteiger partial charge in [0.25, 0.3) is 0 Å². The van der Waals surface area contributed by atoms with Gasteiger partial charge in [-0.05, 0) is 31.9 Å². The van der Waals surface area contributed by atoms with Crippen LogP contribution < -0.4 is 11.2 Å². The zero-order valence-corrected chi connectivity index (χ0v) is 15.7. The van der Waals surface area contributed by atoms with Crippen LogP contribution in [0.1, 0.15) is 50.8 Å². The minimum atomic E-state index is -0.373. The number of carbonyl (C=O) groups is 1. The molecule has 0 radical (unpaired) electrons. The van der Waals surface area contributed by atoms with Gasteiger partial charge in [0.15, 0.2) is 5.82 Å². The van der Waals surface area contributed by atoms with E-state index in [-0.39, 0.29) is 11.2 Å². The number of hydrogen-bond donors (Lipinski definition) is 2. The molecule has 1 amide bonds. The number of nitrogens with two attached hydrogens (primary N) is 1. The van der Waals surface area contributed by atoms with Crippen molar-refractivity contribution in [2.75, 3.05) is 11.2 Å². The fourth-order valence-electron chi connectivity index (χ4n) is 3.02. The molecule has 1 aliphatic carbocycles. The standard InChI is InChI=1S/C17H22ClN5OS/c1-11(16(24)20-14-10-6-5-9-13(14)18)25-17-22-21-15(23(17)19)12-7-3-2-4-8-12/h5-6,9-12H,2-4,7-8,19H2,1H3,(H,20,24)/t11-/m1/s1. The molecule has 0 unspecified atom stereocenters. The van der Waals surface area contributed by atoms with Crippen LogP contribution in [0.4, 0.5) is 5.69 Å². The van der Waals surface area contributed by atoms with Gasteiger partial charge < -0.3 is 11.2 Å². The van der Waals surface area contributed by atoms with Crippen molar-refractivity contribution in [3.8, 4) is 0 Å². The molecule has 1 saturated carbocycles. The molecule has 8 heteroatoms. The number of para-hydroxylation sites is 1. The second-order valence-electron chi connectivity index (χ2n) is 6.27. The van der Waals surface area contributed by atoms with Crippen LogP contribution in [0.5, 0.6) is 0 Å². The smallest absolute Gasteiger partial charge is 0.237 e. The third-order valence-corrected chi connectivity index (χ3v) is 5.83. The average molecular weight is 380 g/mol. The van der Waals surface area contributed by atoms with Gasteiger partial charge in [-0.3, -0.25) is 4.79 Å². The van der Waals surface area contributed by atoms with Crippen molar-refractivity contribution < 1.29 is 4.79 Å². The SMILES string of the molecule is C[C@@H](Sc1nnc(C2CCCCC2)n1N)C(=O)Nc1ccccc1Cl. The van der Waals surface area contributed by atoms with Gasteiger partial charge in [-0.2, -0.15) is 0 Å². The van der Waals surface area contributed by atoms with E-state index in [4.69, 9.17) is 17.4 Å². The zero-order valence-electron chi connectivity index (χ0n) is 14.1. The normalized spacial score (nSPS) is 16.6. The summed E-state index contributed by atoms with van der Waals surface area (Å²) in [5.74, 6) is 7.21. The molecular weight excluding hydrogens is 358 g/mol. The van der Waals surface area contributed by atoms with E-state index in [9.17, 15) is 4.79 Å². The zero-order chi connectivity index (χ0) is 17.8. The molecule has 0 bridgehead atoms. The van der Waals surface area contributed by atoms with E-state index in [0.29, 0.717) is 21.8 Å². The molecular formula is C17H22ClN5OS. The number of nitrogens with one attached hydrogen (secondary N) is 1. The Labute approximate surface area is 156 Å². The van der Waals surface area contributed by atoms with Crippen LogP contribution in [0.25, 0.3) is 0 Å². The quantitative estimate of drug-likeness (QED) is 0.609. The number of thioether (sulfide) groups is 1. The number of nitrogens with zero attached hydrogens (tertiary/aromatic N) is 3. The monoisotopic (exact) mass is 379 g/mol. The second-order valence-corrected chi connectivity index (χ2v) is 7.99. The summed E-state index contributed by atoms with van der Waals surface area (Å²) in [4.78, 5) is 12.4. The van der Waals surface area contributed by atoms with Crippen molar-refractivity contribution in [2.24, 2.45) is 0 Å². The van der Waals surface area contributed by atoms with Crippen molar-refractivity contribution in [1.29, 1.82) is 0 Å². The van der Waals surface area contributed by atoms with E-state index in [1.54, 1.807) is 16.8 Å². The van der Waals surface area contributed by atoms with E-state index in [0.717, 1.165) is 18.7 Å². The van der Waals surface area contributed by atoms with Gasteiger partial charge in [0.1, 0.15) is 0 Å². The maximum absolute atomic E-state index is 12.4. The van der Waals surface area contributed by atoms with Crippen molar-refractivity contribution in [3.05, 3.63) is 35.1 Å². The largest absolute Gasteiger partial charge is 0.336 e. The maximum atomic E-state index is 12.4. The number of hydrogen-bond acceptors (Lipinski definition) is 5. The highest BCUT2D eigenvalue weighted by atomic mass is 35.5.